The Hall–Kier alpha value is -3.20. The van der Waals surface area contributed by atoms with E-state index in [1.54, 1.807) is 7.11 Å². The quantitative estimate of drug-likeness (QED) is 0.701. The number of methoxy groups -OCH3 is 1. The van der Waals surface area contributed by atoms with Gasteiger partial charge in [0.15, 0.2) is 0 Å². The molecule has 0 atom stereocenters. The largest absolute Gasteiger partial charge is 0.497 e. The summed E-state index contributed by atoms with van der Waals surface area (Å²) in [6.07, 6.45) is 0. The Kier molecular flexibility index (Phi) is 7.18. The van der Waals surface area contributed by atoms with Crippen molar-refractivity contribution in [2.24, 2.45) is 0 Å². The Balaban J connectivity index is 1.38. The normalized spacial score (nSPS) is 14.3. The summed E-state index contributed by atoms with van der Waals surface area (Å²) in [7, 11) is 1.63. The average molecular weight is 418 g/mol. The Bertz CT molecular complexity index is 884. The number of benzene rings is 2. The number of rotatable bonds is 6. The van der Waals surface area contributed by atoms with Crippen molar-refractivity contribution in [3.8, 4) is 5.75 Å². The first-order valence-corrected chi connectivity index (χ1v) is 9.62. The first-order chi connectivity index (χ1) is 14.5. The van der Waals surface area contributed by atoms with Gasteiger partial charge in [-0.05, 0) is 36.4 Å². The molecule has 0 radical (unpaired) electrons. The molecule has 9 heteroatoms. The molecular weight excluding hydrogens is 394 g/mol. The number of piperazine rings is 1. The van der Waals surface area contributed by atoms with E-state index < -0.39 is 23.4 Å². The van der Waals surface area contributed by atoms with E-state index in [9.17, 15) is 18.4 Å². The smallest absolute Gasteiger partial charge is 0.313 e. The van der Waals surface area contributed by atoms with Crippen molar-refractivity contribution < 1.29 is 23.1 Å². The van der Waals surface area contributed by atoms with Crippen LogP contribution in [0, 0.1) is 11.6 Å². The number of ether oxygens (including phenoxy) is 1. The lowest BCUT2D eigenvalue weighted by molar-refractivity contribution is -0.136. The number of carbonyl (C=O) groups excluding carboxylic acids is 2. The lowest BCUT2D eigenvalue weighted by Gasteiger charge is -2.36. The standard InChI is InChI=1S/C21H24F2N4O3/c1-30-17-5-3-16(4-6-17)27-12-10-26(11-13-27)9-8-24-20(28)21(29)25-19-14-15(22)2-7-18(19)23/h2-7,14H,8-13H2,1H3,(H,24,28)(H,25,29). The molecule has 1 heterocycles. The van der Waals surface area contributed by atoms with Crippen molar-refractivity contribution in [1.82, 2.24) is 10.2 Å². The van der Waals surface area contributed by atoms with E-state index >= 15 is 0 Å². The van der Waals surface area contributed by atoms with Crippen molar-refractivity contribution in [3.05, 3.63) is 54.1 Å². The van der Waals surface area contributed by atoms with Gasteiger partial charge in [-0.15, -0.1) is 0 Å². The first-order valence-electron chi connectivity index (χ1n) is 9.62. The van der Waals surface area contributed by atoms with Crippen molar-refractivity contribution >= 4 is 23.2 Å². The molecule has 160 valence electrons. The fourth-order valence-corrected chi connectivity index (χ4v) is 3.20. The molecule has 0 spiro atoms. The van der Waals surface area contributed by atoms with E-state index in [1.807, 2.05) is 24.3 Å². The van der Waals surface area contributed by atoms with E-state index in [0.717, 1.165) is 55.8 Å². The van der Waals surface area contributed by atoms with E-state index in [1.165, 1.54) is 0 Å². The Morgan fingerprint density at radius 2 is 1.70 bits per heavy atom. The summed E-state index contributed by atoms with van der Waals surface area (Å²) in [5.41, 5.74) is 0.759. The van der Waals surface area contributed by atoms with Crippen LogP contribution in [-0.2, 0) is 9.59 Å². The van der Waals surface area contributed by atoms with Gasteiger partial charge in [0.2, 0.25) is 0 Å². The number of hydrogen-bond donors (Lipinski definition) is 2. The number of amides is 2. The molecule has 2 amide bonds. The van der Waals surface area contributed by atoms with Crippen LogP contribution in [0.4, 0.5) is 20.2 Å². The Morgan fingerprint density at radius 3 is 2.37 bits per heavy atom. The fraction of sp³-hybridized carbons (Fsp3) is 0.333. The van der Waals surface area contributed by atoms with Gasteiger partial charge in [-0.3, -0.25) is 14.5 Å². The first kappa shape index (κ1) is 21.5. The van der Waals surface area contributed by atoms with E-state index in [-0.39, 0.29) is 12.2 Å². The minimum absolute atomic E-state index is 0.278. The zero-order valence-corrected chi connectivity index (χ0v) is 16.7. The van der Waals surface area contributed by atoms with Crippen molar-refractivity contribution in [1.29, 1.82) is 0 Å². The highest BCUT2D eigenvalue weighted by molar-refractivity contribution is 6.39. The second-order valence-electron chi connectivity index (χ2n) is 6.86. The third-order valence-electron chi connectivity index (χ3n) is 4.91. The van der Waals surface area contributed by atoms with Gasteiger partial charge in [0, 0.05) is 51.0 Å². The van der Waals surface area contributed by atoms with Gasteiger partial charge in [0.05, 0.1) is 12.8 Å². The molecule has 7 nitrogen and oxygen atoms in total. The highest BCUT2D eigenvalue weighted by Crippen LogP contribution is 2.20. The van der Waals surface area contributed by atoms with Gasteiger partial charge in [-0.2, -0.15) is 0 Å². The van der Waals surface area contributed by atoms with Gasteiger partial charge >= 0.3 is 11.8 Å². The third-order valence-corrected chi connectivity index (χ3v) is 4.91. The van der Waals surface area contributed by atoms with Crippen molar-refractivity contribution in [2.45, 2.75) is 0 Å². The molecule has 1 fully saturated rings. The predicted molar refractivity (Wildman–Crippen MR) is 110 cm³/mol. The van der Waals surface area contributed by atoms with Gasteiger partial charge in [-0.1, -0.05) is 0 Å². The van der Waals surface area contributed by atoms with Crippen LogP contribution in [0.3, 0.4) is 0 Å². The molecule has 0 aliphatic carbocycles. The molecule has 0 aromatic heterocycles. The second kappa shape index (κ2) is 10.0. The number of anilines is 2. The van der Waals surface area contributed by atoms with E-state index in [4.69, 9.17) is 4.74 Å². The van der Waals surface area contributed by atoms with Crippen LogP contribution in [0.15, 0.2) is 42.5 Å². The lowest BCUT2D eigenvalue weighted by Crippen LogP contribution is -2.49. The van der Waals surface area contributed by atoms with Gasteiger partial charge in [0.25, 0.3) is 0 Å². The number of carbonyl (C=O) groups is 2. The van der Waals surface area contributed by atoms with E-state index in [0.29, 0.717) is 6.54 Å². The van der Waals surface area contributed by atoms with Crippen LogP contribution in [-0.4, -0.2) is 63.1 Å². The SMILES string of the molecule is COc1ccc(N2CCN(CCNC(=O)C(=O)Nc3cc(F)ccc3F)CC2)cc1. The fourth-order valence-electron chi connectivity index (χ4n) is 3.20. The van der Waals surface area contributed by atoms with E-state index in [2.05, 4.69) is 20.4 Å². The van der Waals surface area contributed by atoms with Crippen molar-refractivity contribution in [2.75, 3.05) is 56.6 Å². The number of hydrogen-bond acceptors (Lipinski definition) is 5. The minimum Gasteiger partial charge on any atom is -0.497 e. The molecule has 0 unspecified atom stereocenters. The highest BCUT2D eigenvalue weighted by atomic mass is 19.1. The summed E-state index contributed by atoms with van der Waals surface area (Å²) in [6.45, 7) is 4.20. The monoisotopic (exact) mass is 418 g/mol. The van der Waals surface area contributed by atoms with Gasteiger partial charge in [-0.25, -0.2) is 8.78 Å². The topological polar surface area (TPSA) is 73.9 Å². The molecule has 30 heavy (non-hydrogen) atoms. The van der Waals surface area contributed by atoms with Crippen LogP contribution < -0.4 is 20.3 Å². The van der Waals surface area contributed by atoms with Gasteiger partial charge in [0.1, 0.15) is 17.4 Å². The molecule has 0 bridgehead atoms. The van der Waals surface area contributed by atoms with Crippen LogP contribution in [0.25, 0.3) is 0 Å². The molecule has 2 N–H and O–H groups in total. The summed E-state index contributed by atoms with van der Waals surface area (Å²) in [6, 6.07) is 10.5. The maximum absolute atomic E-state index is 13.6. The average Bonchev–Trinajstić information content (AvgIpc) is 2.76. The minimum atomic E-state index is -1.04. The molecule has 0 saturated carbocycles. The molecule has 1 aliphatic rings. The highest BCUT2D eigenvalue weighted by Gasteiger charge is 2.19. The van der Waals surface area contributed by atoms with Gasteiger partial charge < -0.3 is 20.3 Å². The second-order valence-corrected chi connectivity index (χ2v) is 6.86. The molecule has 1 aliphatic heterocycles. The summed E-state index contributed by atoms with van der Waals surface area (Å²) in [4.78, 5) is 28.2. The number of nitrogens with zero attached hydrogens (tertiary/aromatic N) is 2. The lowest BCUT2D eigenvalue weighted by atomic mass is 10.2. The Morgan fingerprint density at radius 1 is 1.00 bits per heavy atom. The number of halogens is 2. The molecule has 2 aromatic carbocycles. The zero-order chi connectivity index (χ0) is 21.5. The third kappa shape index (κ3) is 5.66. The Labute approximate surface area is 173 Å². The van der Waals surface area contributed by atoms with Crippen LogP contribution >= 0.6 is 0 Å². The predicted octanol–water partition coefficient (Wildman–Crippen LogP) is 1.85. The summed E-state index contributed by atoms with van der Waals surface area (Å²) < 4.78 is 31.9. The summed E-state index contributed by atoms with van der Waals surface area (Å²) >= 11 is 0. The number of nitrogens with one attached hydrogen (secondary N) is 2. The molecule has 3 rings (SSSR count). The zero-order valence-electron chi connectivity index (χ0n) is 16.7. The summed E-state index contributed by atoms with van der Waals surface area (Å²) in [5.74, 6) is -2.63. The molecule has 2 aromatic rings. The van der Waals surface area contributed by atoms with Crippen LogP contribution in [0.5, 0.6) is 5.75 Å². The van der Waals surface area contributed by atoms with Crippen LogP contribution in [0.2, 0.25) is 0 Å². The molecule has 1 saturated heterocycles. The maximum atomic E-state index is 13.6. The molecular formula is C21H24F2N4O3. The summed E-state index contributed by atoms with van der Waals surface area (Å²) in [5, 5.41) is 4.58. The van der Waals surface area contributed by atoms with Crippen LogP contribution in [0.1, 0.15) is 0 Å². The van der Waals surface area contributed by atoms with Crippen molar-refractivity contribution in [3.63, 3.8) is 0 Å². The maximum Gasteiger partial charge on any atom is 0.313 e.